The van der Waals surface area contributed by atoms with Crippen molar-refractivity contribution in [1.29, 1.82) is 0 Å². The van der Waals surface area contributed by atoms with Crippen LogP contribution in [0, 0.1) is 3.57 Å². The Balaban J connectivity index is 2.27. The minimum Gasteiger partial charge on any atom is -0.339 e. The Morgan fingerprint density at radius 1 is 0.938 bits per heavy atom. The van der Waals surface area contributed by atoms with Gasteiger partial charge in [-0.3, -0.25) is 4.79 Å². The molecule has 0 radical (unpaired) electrons. The van der Waals surface area contributed by atoms with Crippen molar-refractivity contribution in [2.45, 2.75) is 93.9 Å². The van der Waals surface area contributed by atoms with Gasteiger partial charge in [-0.25, -0.2) is 0 Å². The van der Waals surface area contributed by atoms with Gasteiger partial charge in [0.05, 0.1) is 5.69 Å². The lowest BCUT2D eigenvalue weighted by atomic mass is 10.1. The summed E-state index contributed by atoms with van der Waals surface area (Å²) < 4.78 is -0.747. The van der Waals surface area contributed by atoms with E-state index in [1.807, 2.05) is 24.3 Å². The number of thiocarbonyl (C=S) groups is 1. The molecule has 0 aliphatic heterocycles. The van der Waals surface area contributed by atoms with E-state index in [-0.39, 0.29) is 11.0 Å². The normalized spacial score (nSPS) is 12.3. The molecule has 1 amide bonds. The second-order valence-corrected chi connectivity index (χ2v) is 11.8. The van der Waals surface area contributed by atoms with Gasteiger partial charge < -0.3 is 16.0 Å². The number of rotatable bonds is 15. The van der Waals surface area contributed by atoms with Gasteiger partial charge >= 0.3 is 0 Å². The topological polar surface area (TPSA) is 53.2 Å². The van der Waals surface area contributed by atoms with Crippen LogP contribution in [0.1, 0.15) is 84.0 Å². The maximum Gasteiger partial charge on any atom is 0.228 e. The van der Waals surface area contributed by atoms with Crippen LogP contribution >= 0.6 is 69.6 Å². The molecule has 0 fully saturated rings. The molecule has 0 saturated heterocycles. The third-order valence-electron chi connectivity index (χ3n) is 5.04. The Labute approximate surface area is 227 Å². The second kappa shape index (κ2) is 17.4. The lowest BCUT2D eigenvalue weighted by molar-refractivity contribution is -0.122. The van der Waals surface area contributed by atoms with Crippen LogP contribution in [0.2, 0.25) is 0 Å². The molecular formula is C23H35Cl3IN3OS. The minimum absolute atomic E-state index is 0.165. The first-order valence-electron chi connectivity index (χ1n) is 11.4. The van der Waals surface area contributed by atoms with Crippen molar-refractivity contribution in [3.8, 4) is 0 Å². The van der Waals surface area contributed by atoms with Crippen LogP contribution in [0.4, 0.5) is 5.69 Å². The van der Waals surface area contributed by atoms with E-state index in [1.165, 1.54) is 51.4 Å². The molecule has 0 aliphatic rings. The highest BCUT2D eigenvalue weighted by molar-refractivity contribution is 14.1. The maximum absolute atomic E-state index is 12.4. The molecule has 1 rings (SSSR count). The van der Waals surface area contributed by atoms with E-state index >= 15 is 0 Å². The lowest BCUT2D eigenvalue weighted by Gasteiger charge is -2.28. The third kappa shape index (κ3) is 14.3. The summed E-state index contributed by atoms with van der Waals surface area (Å²) in [6.45, 7) is 2.24. The third-order valence-corrected chi connectivity index (χ3v) is 6.85. The van der Waals surface area contributed by atoms with Gasteiger partial charge in [0.25, 0.3) is 0 Å². The van der Waals surface area contributed by atoms with E-state index in [9.17, 15) is 4.79 Å². The summed E-state index contributed by atoms with van der Waals surface area (Å²) in [6.07, 6.45) is 13.0. The molecule has 0 aliphatic carbocycles. The average molecular weight is 635 g/mol. The van der Waals surface area contributed by atoms with Gasteiger partial charge in [0.1, 0.15) is 6.17 Å². The number of halogens is 4. The van der Waals surface area contributed by atoms with E-state index in [0.717, 1.165) is 28.5 Å². The summed E-state index contributed by atoms with van der Waals surface area (Å²) in [5.41, 5.74) is 0.834. The Bertz CT molecular complexity index is 689. The zero-order valence-corrected chi connectivity index (χ0v) is 23.9. The van der Waals surface area contributed by atoms with Gasteiger partial charge in [0, 0.05) is 9.99 Å². The summed E-state index contributed by atoms with van der Waals surface area (Å²) in [7, 11) is 0. The van der Waals surface area contributed by atoms with Crippen LogP contribution in [-0.4, -0.2) is 21.0 Å². The van der Waals surface area contributed by atoms with E-state index in [1.54, 1.807) is 0 Å². The monoisotopic (exact) mass is 633 g/mol. The van der Waals surface area contributed by atoms with Gasteiger partial charge in [-0.05, 0) is 53.4 Å². The quantitative estimate of drug-likeness (QED) is 0.0600. The molecule has 1 aromatic carbocycles. The minimum atomic E-state index is -1.75. The number of carbonyl (C=O) groups excluding carboxylic acids is 1. The fourth-order valence-corrected chi connectivity index (χ4v) is 4.31. The first-order chi connectivity index (χ1) is 15.2. The predicted octanol–water partition coefficient (Wildman–Crippen LogP) is 8.09. The zero-order valence-electron chi connectivity index (χ0n) is 18.7. The number of hydrogen-bond acceptors (Lipinski definition) is 2. The van der Waals surface area contributed by atoms with Crippen molar-refractivity contribution in [3.05, 3.63) is 27.8 Å². The standard InChI is InChI=1S/C23H35Cl3IN3OS/c1-2-3-4-5-6-7-8-9-10-11-12-17-20(31)29-21(23(24,25)26)30-22(32)28-19-16-14-13-15-18(19)27/h13-16,21H,2-12,17H2,1H3,(H,29,31)(H2,28,30,32)/t21-/m0/s1. The highest BCUT2D eigenvalue weighted by atomic mass is 127. The SMILES string of the molecule is CCCCCCCCCCCCCC(=O)N[C@@H](NC(=S)Nc1ccccc1I)C(Cl)(Cl)Cl. The number of hydrogen-bond donors (Lipinski definition) is 3. The Morgan fingerprint density at radius 3 is 2.00 bits per heavy atom. The fourth-order valence-electron chi connectivity index (χ4n) is 3.23. The molecule has 32 heavy (non-hydrogen) atoms. The van der Waals surface area contributed by atoms with Gasteiger partial charge in [-0.15, -0.1) is 0 Å². The summed E-state index contributed by atoms with van der Waals surface area (Å²) in [5, 5.41) is 8.97. The lowest BCUT2D eigenvalue weighted by Crippen LogP contribution is -2.56. The van der Waals surface area contributed by atoms with Crippen LogP contribution in [0.3, 0.4) is 0 Å². The molecule has 0 bridgehead atoms. The molecule has 9 heteroatoms. The molecule has 3 N–H and O–H groups in total. The van der Waals surface area contributed by atoms with Crippen LogP contribution < -0.4 is 16.0 Å². The first kappa shape index (κ1) is 30.0. The number of unbranched alkanes of at least 4 members (excludes halogenated alkanes) is 10. The molecule has 1 atom stereocenters. The zero-order chi connectivity index (χ0) is 23.8. The van der Waals surface area contributed by atoms with Crippen molar-refractivity contribution < 1.29 is 4.79 Å². The number of alkyl halides is 3. The molecule has 1 aromatic rings. The molecule has 0 spiro atoms. The largest absolute Gasteiger partial charge is 0.339 e. The number of nitrogens with one attached hydrogen (secondary N) is 3. The maximum atomic E-state index is 12.4. The molecule has 4 nitrogen and oxygen atoms in total. The highest BCUT2D eigenvalue weighted by Crippen LogP contribution is 2.29. The van der Waals surface area contributed by atoms with Crippen molar-refractivity contribution in [3.63, 3.8) is 0 Å². The van der Waals surface area contributed by atoms with Gasteiger partial charge in [0.2, 0.25) is 9.70 Å². The number of para-hydroxylation sites is 1. The van der Waals surface area contributed by atoms with Crippen LogP contribution in [0.5, 0.6) is 0 Å². The molecule has 0 aromatic heterocycles. The smallest absolute Gasteiger partial charge is 0.228 e. The summed E-state index contributed by atoms with van der Waals surface area (Å²) >= 11 is 25.7. The molecule has 0 unspecified atom stereocenters. The van der Waals surface area contributed by atoms with E-state index in [0.29, 0.717) is 6.42 Å². The van der Waals surface area contributed by atoms with Gasteiger partial charge in [-0.1, -0.05) is 118 Å². The molecular weight excluding hydrogens is 600 g/mol. The first-order valence-corrected chi connectivity index (χ1v) is 14.0. The van der Waals surface area contributed by atoms with Gasteiger partial charge in [-0.2, -0.15) is 0 Å². The van der Waals surface area contributed by atoms with Crippen molar-refractivity contribution in [2.24, 2.45) is 0 Å². The summed E-state index contributed by atoms with van der Waals surface area (Å²) in [5.74, 6) is -0.165. The molecule has 182 valence electrons. The number of benzene rings is 1. The molecule has 0 heterocycles. The summed E-state index contributed by atoms with van der Waals surface area (Å²) in [6, 6.07) is 7.68. The summed E-state index contributed by atoms with van der Waals surface area (Å²) in [4.78, 5) is 12.4. The fraction of sp³-hybridized carbons (Fsp3) is 0.652. The van der Waals surface area contributed by atoms with Crippen LogP contribution in [0.15, 0.2) is 24.3 Å². The predicted molar refractivity (Wildman–Crippen MR) is 152 cm³/mol. The second-order valence-electron chi connectivity index (χ2n) is 7.91. The van der Waals surface area contributed by atoms with Crippen LogP contribution in [-0.2, 0) is 4.79 Å². The van der Waals surface area contributed by atoms with Gasteiger partial charge in [0.15, 0.2) is 5.11 Å². The van der Waals surface area contributed by atoms with E-state index < -0.39 is 9.96 Å². The Hall–Kier alpha value is -0.0200. The van der Waals surface area contributed by atoms with Crippen molar-refractivity contribution in [1.82, 2.24) is 10.6 Å². The number of anilines is 1. The van der Waals surface area contributed by atoms with E-state index in [4.69, 9.17) is 47.0 Å². The Kier molecular flexibility index (Phi) is 16.3. The Morgan fingerprint density at radius 2 is 1.47 bits per heavy atom. The molecule has 0 saturated carbocycles. The van der Waals surface area contributed by atoms with Crippen molar-refractivity contribution >= 4 is 86.3 Å². The average Bonchev–Trinajstić information content (AvgIpc) is 2.72. The van der Waals surface area contributed by atoms with Crippen LogP contribution in [0.25, 0.3) is 0 Å². The highest BCUT2D eigenvalue weighted by Gasteiger charge is 2.34. The van der Waals surface area contributed by atoms with Crippen molar-refractivity contribution in [2.75, 3.05) is 5.32 Å². The number of carbonyl (C=O) groups is 1. The van der Waals surface area contributed by atoms with E-state index in [2.05, 4.69) is 45.5 Å². The number of amides is 1.